The average molecular weight is 439 g/mol. The van der Waals surface area contributed by atoms with Gasteiger partial charge in [0.15, 0.2) is 5.96 Å². The molecule has 2 fully saturated rings. The van der Waals surface area contributed by atoms with Gasteiger partial charge in [-0.1, -0.05) is 13.8 Å². The minimum Gasteiger partial charge on any atom is -0.389 e. The average Bonchev–Trinajstić information content (AvgIpc) is 3.26. The molecule has 0 spiro atoms. The quantitative estimate of drug-likeness (QED) is 0.363. The van der Waals surface area contributed by atoms with Crippen molar-refractivity contribution in [1.82, 2.24) is 10.2 Å². The highest BCUT2D eigenvalue weighted by atomic mass is 127. The Bertz CT molecular complexity index is 354. The molecule has 2 N–H and O–H groups in total. The Hall–Kier alpha value is -0.0800. The van der Waals surface area contributed by atoms with Gasteiger partial charge in [-0.05, 0) is 43.9 Å². The van der Waals surface area contributed by atoms with Gasteiger partial charge < -0.3 is 20.1 Å². The van der Waals surface area contributed by atoms with Gasteiger partial charge in [-0.25, -0.2) is 0 Å². The van der Waals surface area contributed by atoms with E-state index >= 15 is 0 Å². The van der Waals surface area contributed by atoms with Gasteiger partial charge >= 0.3 is 0 Å². The Labute approximate surface area is 158 Å². The summed E-state index contributed by atoms with van der Waals surface area (Å²) < 4.78 is 5.54. The van der Waals surface area contributed by atoms with E-state index in [1.54, 1.807) is 0 Å². The van der Waals surface area contributed by atoms with Crippen LogP contribution < -0.4 is 5.32 Å². The molecule has 1 saturated heterocycles. The normalized spacial score (nSPS) is 26.6. The van der Waals surface area contributed by atoms with Crippen LogP contribution >= 0.6 is 24.0 Å². The molecule has 136 valence electrons. The predicted molar refractivity (Wildman–Crippen MR) is 105 cm³/mol. The first-order valence-corrected chi connectivity index (χ1v) is 8.87. The van der Waals surface area contributed by atoms with Gasteiger partial charge in [0.2, 0.25) is 0 Å². The van der Waals surface area contributed by atoms with Crippen molar-refractivity contribution in [2.75, 3.05) is 39.4 Å². The number of halogens is 1. The van der Waals surface area contributed by atoms with E-state index in [1.807, 2.05) is 0 Å². The van der Waals surface area contributed by atoms with Crippen molar-refractivity contribution in [3.8, 4) is 0 Å². The summed E-state index contributed by atoms with van der Waals surface area (Å²) in [6, 6.07) is 0. The molecule has 0 aromatic carbocycles. The number of nitrogens with one attached hydrogen (secondary N) is 1. The molecular weight excluding hydrogens is 405 g/mol. The number of guanidine groups is 1. The smallest absolute Gasteiger partial charge is 0.194 e. The number of aliphatic hydroxyl groups is 1. The summed E-state index contributed by atoms with van der Waals surface area (Å²) in [7, 11) is 0. The Morgan fingerprint density at radius 2 is 1.96 bits per heavy atom. The van der Waals surface area contributed by atoms with Crippen molar-refractivity contribution >= 4 is 29.9 Å². The maximum absolute atomic E-state index is 10.0. The highest BCUT2D eigenvalue weighted by molar-refractivity contribution is 14.0. The van der Waals surface area contributed by atoms with Crippen LogP contribution in [0.2, 0.25) is 0 Å². The van der Waals surface area contributed by atoms with E-state index in [-0.39, 0.29) is 24.0 Å². The first-order chi connectivity index (χ1) is 10.6. The molecule has 3 atom stereocenters. The summed E-state index contributed by atoms with van der Waals surface area (Å²) in [5, 5.41) is 13.4. The molecule has 2 rings (SSSR count). The number of nitrogens with zero attached hydrogens (tertiary/aromatic N) is 2. The lowest BCUT2D eigenvalue weighted by Crippen LogP contribution is -2.48. The summed E-state index contributed by atoms with van der Waals surface area (Å²) in [6.45, 7) is 11.2. The lowest BCUT2D eigenvalue weighted by Gasteiger charge is -2.37. The van der Waals surface area contributed by atoms with E-state index < -0.39 is 6.10 Å². The third kappa shape index (κ3) is 8.03. The van der Waals surface area contributed by atoms with E-state index in [2.05, 4.69) is 36.0 Å². The van der Waals surface area contributed by atoms with Crippen molar-refractivity contribution in [1.29, 1.82) is 0 Å². The lowest BCUT2D eigenvalue weighted by molar-refractivity contribution is 0.0367. The topological polar surface area (TPSA) is 57.1 Å². The third-order valence-corrected chi connectivity index (χ3v) is 4.32. The van der Waals surface area contributed by atoms with Crippen LogP contribution in [0.25, 0.3) is 0 Å². The zero-order valence-electron chi connectivity index (χ0n) is 14.8. The summed E-state index contributed by atoms with van der Waals surface area (Å²) in [6.07, 6.45) is 3.34. The third-order valence-electron chi connectivity index (χ3n) is 4.32. The second-order valence-corrected chi connectivity index (χ2v) is 7.18. The molecule has 2 aliphatic rings. The standard InChI is InChI=1S/C17H33N3O2.HI/c1-4-18-17(20-9-13(2)7-14(3)10-20)19-8-16(21)12-22-11-15-5-6-15;/h13-16,21H,4-12H2,1-3H3,(H,18,19);1H. The first kappa shape index (κ1) is 21.0. The molecule has 1 aliphatic heterocycles. The molecule has 0 radical (unpaired) electrons. The van der Waals surface area contributed by atoms with Crippen LogP contribution in [0.4, 0.5) is 0 Å². The number of aliphatic imine (C=N–C) groups is 1. The fourth-order valence-electron chi connectivity index (χ4n) is 3.16. The number of hydrogen-bond donors (Lipinski definition) is 2. The number of likely N-dealkylation sites (tertiary alicyclic amines) is 1. The van der Waals surface area contributed by atoms with E-state index in [1.165, 1.54) is 19.3 Å². The molecule has 0 aromatic heterocycles. The lowest BCUT2D eigenvalue weighted by atomic mass is 9.92. The number of hydrogen-bond acceptors (Lipinski definition) is 3. The zero-order valence-corrected chi connectivity index (χ0v) is 17.2. The number of ether oxygens (including phenoxy) is 1. The minimum absolute atomic E-state index is 0. The van der Waals surface area contributed by atoms with Crippen LogP contribution in [0.5, 0.6) is 0 Å². The van der Waals surface area contributed by atoms with E-state index in [0.717, 1.165) is 38.1 Å². The van der Waals surface area contributed by atoms with Crippen molar-refractivity contribution in [3.63, 3.8) is 0 Å². The Morgan fingerprint density at radius 1 is 1.30 bits per heavy atom. The second-order valence-electron chi connectivity index (χ2n) is 7.18. The molecule has 1 saturated carbocycles. The van der Waals surface area contributed by atoms with Crippen molar-refractivity contribution in [2.45, 2.75) is 46.1 Å². The van der Waals surface area contributed by atoms with Crippen LogP contribution in [0, 0.1) is 17.8 Å². The predicted octanol–water partition coefficient (Wildman–Crippen LogP) is 2.34. The second kappa shape index (κ2) is 10.7. The van der Waals surface area contributed by atoms with Crippen LogP contribution in [0.1, 0.15) is 40.0 Å². The Balaban J connectivity index is 0.00000264. The minimum atomic E-state index is -0.507. The van der Waals surface area contributed by atoms with Gasteiger partial charge in [-0.15, -0.1) is 24.0 Å². The van der Waals surface area contributed by atoms with Crippen molar-refractivity contribution in [2.24, 2.45) is 22.7 Å². The van der Waals surface area contributed by atoms with Crippen LogP contribution in [0.15, 0.2) is 4.99 Å². The fourth-order valence-corrected chi connectivity index (χ4v) is 3.16. The molecule has 23 heavy (non-hydrogen) atoms. The fraction of sp³-hybridized carbons (Fsp3) is 0.941. The zero-order chi connectivity index (χ0) is 15.9. The van der Waals surface area contributed by atoms with Crippen LogP contribution in [0.3, 0.4) is 0 Å². The summed E-state index contributed by atoms with van der Waals surface area (Å²) in [5.41, 5.74) is 0. The molecule has 6 heteroatoms. The van der Waals surface area contributed by atoms with Gasteiger partial charge in [0.05, 0.1) is 19.3 Å². The summed E-state index contributed by atoms with van der Waals surface area (Å²) in [4.78, 5) is 6.95. The highest BCUT2D eigenvalue weighted by Crippen LogP contribution is 2.28. The Kier molecular flexibility index (Phi) is 9.77. The van der Waals surface area contributed by atoms with Crippen molar-refractivity contribution in [3.05, 3.63) is 0 Å². The number of piperidine rings is 1. The summed E-state index contributed by atoms with van der Waals surface area (Å²) >= 11 is 0. The molecule has 0 aromatic rings. The first-order valence-electron chi connectivity index (χ1n) is 8.87. The molecule has 0 bridgehead atoms. The SMILES string of the molecule is CCNC(=NCC(O)COCC1CC1)N1CC(C)CC(C)C1.I. The van der Waals surface area contributed by atoms with Gasteiger partial charge in [0.1, 0.15) is 0 Å². The molecule has 3 unspecified atom stereocenters. The number of rotatable bonds is 7. The monoisotopic (exact) mass is 439 g/mol. The molecular formula is C17H34IN3O2. The largest absolute Gasteiger partial charge is 0.389 e. The van der Waals surface area contributed by atoms with Gasteiger partial charge in [0, 0.05) is 26.2 Å². The van der Waals surface area contributed by atoms with E-state index in [9.17, 15) is 5.11 Å². The van der Waals surface area contributed by atoms with Gasteiger partial charge in [-0.3, -0.25) is 4.99 Å². The molecule has 5 nitrogen and oxygen atoms in total. The number of aliphatic hydroxyl groups excluding tert-OH is 1. The van der Waals surface area contributed by atoms with Gasteiger partial charge in [0.25, 0.3) is 0 Å². The van der Waals surface area contributed by atoms with Crippen LogP contribution in [-0.4, -0.2) is 61.5 Å². The highest BCUT2D eigenvalue weighted by Gasteiger charge is 2.24. The van der Waals surface area contributed by atoms with E-state index in [4.69, 9.17) is 4.74 Å². The molecule has 1 aliphatic carbocycles. The molecule has 0 amide bonds. The maximum Gasteiger partial charge on any atom is 0.194 e. The van der Waals surface area contributed by atoms with Gasteiger partial charge in [-0.2, -0.15) is 0 Å². The Morgan fingerprint density at radius 3 is 2.52 bits per heavy atom. The maximum atomic E-state index is 10.0. The van der Waals surface area contributed by atoms with Crippen LogP contribution in [-0.2, 0) is 4.74 Å². The van der Waals surface area contributed by atoms with E-state index in [0.29, 0.717) is 25.0 Å². The summed E-state index contributed by atoms with van der Waals surface area (Å²) in [5.74, 6) is 3.06. The molecule has 1 heterocycles. The van der Waals surface area contributed by atoms with Crippen molar-refractivity contribution < 1.29 is 9.84 Å².